The molecule has 2 N–H and O–H groups in total. The van der Waals surface area contributed by atoms with Gasteiger partial charge < -0.3 is 19.8 Å². The van der Waals surface area contributed by atoms with E-state index in [9.17, 15) is 9.59 Å². The van der Waals surface area contributed by atoms with Crippen LogP contribution in [0, 0.1) is 0 Å². The van der Waals surface area contributed by atoms with Crippen LogP contribution in [0.3, 0.4) is 0 Å². The van der Waals surface area contributed by atoms with Crippen LogP contribution >= 0.6 is 0 Å². The van der Waals surface area contributed by atoms with Crippen molar-refractivity contribution in [3.63, 3.8) is 0 Å². The predicted octanol–water partition coefficient (Wildman–Crippen LogP) is 2.82. The summed E-state index contributed by atoms with van der Waals surface area (Å²) in [7, 11) is 0. The number of para-hydroxylation sites is 3. The molecule has 0 bridgehead atoms. The van der Waals surface area contributed by atoms with Crippen LogP contribution in [0.4, 0.5) is 5.69 Å². The van der Waals surface area contributed by atoms with Crippen molar-refractivity contribution in [3.8, 4) is 11.5 Å². The van der Waals surface area contributed by atoms with Gasteiger partial charge in [0.1, 0.15) is 6.61 Å². The standard InChI is InChI=1S/C22H18N4O4/c27-21-9-17(16-5-1-2-6-18(16)25-21)22(28)24-14-10-23-26(11-14)12-15-13-29-19-7-3-4-8-20(19)30-15/h1-11,15H,12-13H2,(H,24,28)(H,25,27). The van der Waals surface area contributed by atoms with E-state index < -0.39 is 0 Å². The quantitative estimate of drug-likeness (QED) is 0.547. The highest BCUT2D eigenvalue weighted by atomic mass is 16.6. The molecule has 8 heteroatoms. The average molecular weight is 402 g/mol. The summed E-state index contributed by atoms with van der Waals surface area (Å²) < 4.78 is 13.4. The summed E-state index contributed by atoms with van der Waals surface area (Å²) in [6.45, 7) is 0.884. The molecule has 4 aromatic rings. The molecule has 0 radical (unpaired) electrons. The highest BCUT2D eigenvalue weighted by Crippen LogP contribution is 2.31. The number of rotatable bonds is 4. The molecule has 1 atom stereocenters. The van der Waals surface area contributed by atoms with Crippen molar-refractivity contribution in [2.24, 2.45) is 0 Å². The normalized spacial score (nSPS) is 15.1. The second-order valence-electron chi connectivity index (χ2n) is 7.00. The van der Waals surface area contributed by atoms with E-state index in [2.05, 4.69) is 15.4 Å². The summed E-state index contributed by atoms with van der Waals surface area (Å²) in [5, 5.41) is 7.77. The topological polar surface area (TPSA) is 98.2 Å². The molecule has 3 heterocycles. The summed E-state index contributed by atoms with van der Waals surface area (Å²) in [5.41, 5.74) is 1.12. The molecular formula is C22H18N4O4. The highest BCUT2D eigenvalue weighted by molar-refractivity contribution is 6.12. The highest BCUT2D eigenvalue weighted by Gasteiger charge is 2.21. The number of benzene rings is 2. The Bertz CT molecular complexity index is 1290. The van der Waals surface area contributed by atoms with Crippen molar-refractivity contribution in [1.82, 2.24) is 14.8 Å². The van der Waals surface area contributed by atoms with Crippen molar-refractivity contribution in [3.05, 3.63) is 82.9 Å². The summed E-state index contributed by atoms with van der Waals surface area (Å²) in [6, 6.07) is 16.0. The number of hydrogen-bond donors (Lipinski definition) is 2. The van der Waals surface area contributed by atoms with Gasteiger partial charge in [-0.15, -0.1) is 0 Å². The first-order valence-electron chi connectivity index (χ1n) is 9.50. The minimum absolute atomic E-state index is 0.194. The molecule has 2 aromatic carbocycles. The summed E-state index contributed by atoms with van der Waals surface area (Å²) >= 11 is 0. The molecule has 2 aromatic heterocycles. The zero-order valence-electron chi connectivity index (χ0n) is 15.9. The van der Waals surface area contributed by atoms with Crippen LogP contribution in [0.2, 0.25) is 0 Å². The van der Waals surface area contributed by atoms with E-state index in [1.165, 1.54) is 6.07 Å². The average Bonchev–Trinajstić information content (AvgIpc) is 3.19. The monoisotopic (exact) mass is 402 g/mol. The Hall–Kier alpha value is -4.07. The molecule has 1 amide bonds. The maximum Gasteiger partial charge on any atom is 0.256 e. The SMILES string of the molecule is O=C(Nc1cnn(CC2COc3ccccc3O2)c1)c1cc(=O)[nH]c2ccccc12. The third-order valence-electron chi connectivity index (χ3n) is 4.84. The first-order valence-corrected chi connectivity index (χ1v) is 9.50. The van der Waals surface area contributed by atoms with Gasteiger partial charge in [-0.25, -0.2) is 0 Å². The Balaban J connectivity index is 1.30. The summed E-state index contributed by atoms with van der Waals surface area (Å²) in [6.07, 6.45) is 3.09. The van der Waals surface area contributed by atoms with Gasteiger partial charge in [0.15, 0.2) is 17.6 Å². The van der Waals surface area contributed by atoms with Crippen LogP contribution in [0.5, 0.6) is 11.5 Å². The van der Waals surface area contributed by atoms with Gasteiger partial charge in [0, 0.05) is 23.2 Å². The molecule has 1 aliphatic heterocycles. The molecule has 30 heavy (non-hydrogen) atoms. The Morgan fingerprint density at radius 3 is 2.87 bits per heavy atom. The number of carbonyl (C=O) groups excluding carboxylic acids is 1. The van der Waals surface area contributed by atoms with Crippen LogP contribution in [-0.4, -0.2) is 33.4 Å². The molecule has 0 saturated carbocycles. The number of anilines is 1. The van der Waals surface area contributed by atoms with E-state index in [4.69, 9.17) is 9.47 Å². The maximum atomic E-state index is 12.8. The van der Waals surface area contributed by atoms with E-state index in [1.807, 2.05) is 30.3 Å². The Morgan fingerprint density at radius 1 is 1.17 bits per heavy atom. The zero-order valence-corrected chi connectivity index (χ0v) is 15.9. The lowest BCUT2D eigenvalue weighted by Crippen LogP contribution is -2.33. The fourth-order valence-electron chi connectivity index (χ4n) is 3.48. The molecule has 0 spiro atoms. The van der Waals surface area contributed by atoms with Crippen LogP contribution in [-0.2, 0) is 6.54 Å². The number of H-pyrrole nitrogens is 1. The predicted molar refractivity (Wildman–Crippen MR) is 111 cm³/mol. The van der Waals surface area contributed by atoms with E-state index >= 15 is 0 Å². The largest absolute Gasteiger partial charge is 0.486 e. The number of aromatic nitrogens is 3. The summed E-state index contributed by atoms with van der Waals surface area (Å²) in [5.74, 6) is 1.06. The van der Waals surface area contributed by atoms with Crippen LogP contribution < -0.4 is 20.3 Å². The number of fused-ring (bicyclic) bond motifs is 2. The van der Waals surface area contributed by atoms with Gasteiger partial charge in [-0.1, -0.05) is 30.3 Å². The number of hydrogen-bond acceptors (Lipinski definition) is 5. The fourth-order valence-corrected chi connectivity index (χ4v) is 3.48. The lowest BCUT2D eigenvalue weighted by Gasteiger charge is -2.26. The second-order valence-corrected chi connectivity index (χ2v) is 7.00. The molecule has 5 rings (SSSR count). The molecule has 0 fully saturated rings. The van der Waals surface area contributed by atoms with Gasteiger partial charge in [-0.05, 0) is 18.2 Å². The van der Waals surface area contributed by atoms with E-state index in [-0.39, 0.29) is 17.6 Å². The third kappa shape index (κ3) is 3.50. The van der Waals surface area contributed by atoms with Crippen molar-refractivity contribution >= 4 is 22.5 Å². The van der Waals surface area contributed by atoms with Gasteiger partial charge in [0.05, 0.1) is 24.0 Å². The van der Waals surface area contributed by atoms with Crippen molar-refractivity contribution in [2.45, 2.75) is 12.6 Å². The molecule has 0 saturated heterocycles. The first kappa shape index (κ1) is 18.0. The Labute approximate surface area is 171 Å². The number of ether oxygens (including phenoxy) is 2. The molecular weight excluding hydrogens is 384 g/mol. The number of pyridine rings is 1. The van der Waals surface area contributed by atoms with Gasteiger partial charge in [0.2, 0.25) is 5.56 Å². The van der Waals surface area contributed by atoms with Crippen molar-refractivity contribution in [1.29, 1.82) is 0 Å². The smallest absolute Gasteiger partial charge is 0.256 e. The van der Waals surface area contributed by atoms with Gasteiger partial charge >= 0.3 is 0 Å². The number of nitrogens with zero attached hydrogens (tertiary/aromatic N) is 2. The number of amides is 1. The molecule has 0 aliphatic carbocycles. The van der Waals surface area contributed by atoms with Gasteiger partial charge in [-0.2, -0.15) is 5.10 Å². The Kier molecular flexibility index (Phi) is 4.44. The summed E-state index contributed by atoms with van der Waals surface area (Å²) in [4.78, 5) is 27.4. The zero-order chi connectivity index (χ0) is 20.5. The molecule has 8 nitrogen and oxygen atoms in total. The number of carbonyl (C=O) groups is 1. The number of aromatic amines is 1. The fraction of sp³-hybridized carbons (Fsp3) is 0.136. The van der Waals surface area contributed by atoms with Crippen LogP contribution in [0.15, 0.2) is 71.8 Å². The Morgan fingerprint density at radius 2 is 1.97 bits per heavy atom. The molecule has 1 aliphatic rings. The van der Waals surface area contributed by atoms with Gasteiger partial charge in [-0.3, -0.25) is 14.3 Å². The van der Waals surface area contributed by atoms with Crippen LogP contribution in [0.1, 0.15) is 10.4 Å². The molecule has 1 unspecified atom stereocenters. The number of nitrogens with one attached hydrogen (secondary N) is 2. The van der Waals surface area contributed by atoms with Gasteiger partial charge in [0.25, 0.3) is 5.91 Å². The second kappa shape index (κ2) is 7.40. The van der Waals surface area contributed by atoms with Crippen molar-refractivity contribution < 1.29 is 14.3 Å². The van der Waals surface area contributed by atoms with E-state index in [1.54, 1.807) is 35.3 Å². The van der Waals surface area contributed by atoms with E-state index in [0.717, 1.165) is 5.75 Å². The van der Waals surface area contributed by atoms with Crippen molar-refractivity contribution in [2.75, 3.05) is 11.9 Å². The third-order valence-corrected chi connectivity index (χ3v) is 4.84. The molecule has 150 valence electrons. The lowest BCUT2D eigenvalue weighted by molar-refractivity contribution is 0.0759. The maximum absolute atomic E-state index is 12.8. The lowest BCUT2D eigenvalue weighted by atomic mass is 10.1. The first-order chi connectivity index (χ1) is 14.7. The van der Waals surface area contributed by atoms with Crippen LogP contribution in [0.25, 0.3) is 10.9 Å². The van der Waals surface area contributed by atoms with E-state index in [0.29, 0.717) is 41.1 Å². The minimum Gasteiger partial charge on any atom is -0.486 e. The minimum atomic E-state index is -0.372.